The van der Waals surface area contributed by atoms with Crippen molar-refractivity contribution in [3.8, 4) is 11.8 Å². The van der Waals surface area contributed by atoms with Crippen LogP contribution in [0.1, 0.15) is 18.1 Å². The van der Waals surface area contributed by atoms with Crippen LogP contribution in [0.5, 0.6) is 5.75 Å². The van der Waals surface area contributed by atoms with Crippen LogP contribution in [0.3, 0.4) is 0 Å². The van der Waals surface area contributed by atoms with Crippen molar-refractivity contribution in [2.75, 3.05) is 17.7 Å². The number of nitrogen functional groups attached to an aromatic ring is 1. The van der Waals surface area contributed by atoms with Gasteiger partial charge in [0.25, 0.3) is 0 Å². The van der Waals surface area contributed by atoms with Crippen LogP contribution in [0, 0.1) is 24.1 Å². The van der Waals surface area contributed by atoms with Crippen molar-refractivity contribution in [1.29, 1.82) is 5.26 Å². The summed E-state index contributed by atoms with van der Waals surface area (Å²) in [5, 5.41) is 13.3. The van der Waals surface area contributed by atoms with E-state index in [0.29, 0.717) is 51.4 Å². The van der Waals surface area contributed by atoms with Crippen molar-refractivity contribution in [2.45, 2.75) is 13.8 Å². The number of aryl methyl sites for hydroxylation is 1. The zero-order chi connectivity index (χ0) is 18.0. The molecule has 1 aromatic heterocycles. The molecule has 3 rings (SSSR count). The molecule has 126 valence electrons. The molecule has 5 nitrogen and oxygen atoms in total. The Kier molecular flexibility index (Phi) is 4.40. The zero-order valence-corrected chi connectivity index (χ0v) is 13.9. The summed E-state index contributed by atoms with van der Waals surface area (Å²) in [5.74, 6) is 0.270. The van der Waals surface area contributed by atoms with Crippen molar-refractivity contribution in [3.63, 3.8) is 0 Å². The topological polar surface area (TPSA) is 84.0 Å². The van der Waals surface area contributed by atoms with Crippen LogP contribution in [0.4, 0.5) is 21.5 Å². The minimum absolute atomic E-state index is 0.281. The first-order valence-electron chi connectivity index (χ1n) is 7.81. The van der Waals surface area contributed by atoms with Crippen LogP contribution in [0.25, 0.3) is 10.9 Å². The van der Waals surface area contributed by atoms with E-state index < -0.39 is 0 Å². The lowest BCUT2D eigenvalue weighted by atomic mass is 10.1. The van der Waals surface area contributed by atoms with Crippen molar-refractivity contribution < 1.29 is 9.13 Å². The number of nitrogens with two attached hydrogens (primary N) is 1. The summed E-state index contributed by atoms with van der Waals surface area (Å²) in [7, 11) is 0. The standard InChI is InChI=1S/C19H17FN4O/c1-3-25-18-8-17-14(7-16(18)22)19(12(9-21)10-23-17)24-13-4-5-15(20)11(2)6-13/h4-8,10H,3,22H2,1-2H3,(H,23,24). The van der Waals surface area contributed by atoms with Crippen LogP contribution in [0.15, 0.2) is 36.5 Å². The summed E-state index contributed by atoms with van der Waals surface area (Å²) in [6.45, 7) is 4.05. The van der Waals surface area contributed by atoms with E-state index >= 15 is 0 Å². The van der Waals surface area contributed by atoms with Crippen molar-refractivity contribution in [1.82, 2.24) is 4.98 Å². The molecule has 0 unspecified atom stereocenters. The lowest BCUT2D eigenvalue weighted by Gasteiger charge is -2.14. The molecule has 0 amide bonds. The van der Waals surface area contributed by atoms with Crippen LogP contribution < -0.4 is 15.8 Å². The van der Waals surface area contributed by atoms with E-state index in [0.717, 1.165) is 0 Å². The molecule has 0 bridgehead atoms. The molecule has 0 radical (unpaired) electrons. The summed E-state index contributed by atoms with van der Waals surface area (Å²) >= 11 is 0. The molecule has 0 aliphatic carbocycles. The highest BCUT2D eigenvalue weighted by molar-refractivity contribution is 5.98. The van der Waals surface area contributed by atoms with Gasteiger partial charge in [-0.15, -0.1) is 0 Å². The van der Waals surface area contributed by atoms with Gasteiger partial charge in [-0.05, 0) is 43.7 Å². The third kappa shape index (κ3) is 3.17. The van der Waals surface area contributed by atoms with E-state index in [-0.39, 0.29) is 5.82 Å². The number of fused-ring (bicyclic) bond motifs is 1. The number of halogens is 1. The van der Waals surface area contributed by atoms with E-state index in [1.54, 1.807) is 31.2 Å². The molecule has 0 aliphatic rings. The second-order valence-electron chi connectivity index (χ2n) is 5.59. The number of rotatable bonds is 4. The summed E-state index contributed by atoms with van der Waals surface area (Å²) in [5.41, 5.74) is 9.31. The third-order valence-electron chi connectivity index (χ3n) is 3.85. The van der Waals surface area contributed by atoms with Crippen molar-refractivity contribution in [2.24, 2.45) is 0 Å². The predicted molar refractivity (Wildman–Crippen MR) is 96.5 cm³/mol. The SMILES string of the molecule is CCOc1cc2ncc(C#N)c(Nc3ccc(F)c(C)c3)c2cc1N. The maximum atomic E-state index is 13.5. The van der Waals surface area contributed by atoms with Crippen molar-refractivity contribution >= 4 is 28.0 Å². The third-order valence-corrected chi connectivity index (χ3v) is 3.85. The molecular formula is C19H17FN4O. The molecule has 6 heteroatoms. The average molecular weight is 336 g/mol. The monoisotopic (exact) mass is 336 g/mol. The highest BCUT2D eigenvalue weighted by Gasteiger charge is 2.13. The number of nitrogens with zero attached hydrogens (tertiary/aromatic N) is 2. The predicted octanol–water partition coefficient (Wildman–Crippen LogP) is 4.28. The van der Waals surface area contributed by atoms with Gasteiger partial charge in [0, 0.05) is 23.3 Å². The first-order chi connectivity index (χ1) is 12.0. The van der Waals surface area contributed by atoms with Crippen LogP contribution >= 0.6 is 0 Å². The van der Waals surface area contributed by atoms with E-state index in [9.17, 15) is 9.65 Å². The van der Waals surface area contributed by atoms with Gasteiger partial charge in [0.2, 0.25) is 0 Å². The maximum Gasteiger partial charge on any atom is 0.144 e. The highest BCUT2D eigenvalue weighted by atomic mass is 19.1. The Balaban J connectivity index is 2.15. The number of ether oxygens (including phenoxy) is 1. The Bertz CT molecular complexity index is 995. The molecule has 0 spiro atoms. The van der Waals surface area contributed by atoms with E-state index in [1.165, 1.54) is 12.3 Å². The second kappa shape index (κ2) is 6.65. The Hall–Kier alpha value is -3.33. The van der Waals surface area contributed by atoms with Gasteiger partial charge in [0.1, 0.15) is 17.6 Å². The lowest BCUT2D eigenvalue weighted by molar-refractivity contribution is 0.342. The van der Waals surface area contributed by atoms with Gasteiger partial charge in [0.15, 0.2) is 0 Å². The van der Waals surface area contributed by atoms with E-state index in [1.807, 2.05) is 6.92 Å². The molecule has 0 saturated carbocycles. The Morgan fingerprint density at radius 3 is 2.80 bits per heavy atom. The summed E-state index contributed by atoms with van der Waals surface area (Å²) in [4.78, 5) is 4.31. The smallest absolute Gasteiger partial charge is 0.144 e. The number of nitrogens with one attached hydrogen (secondary N) is 1. The minimum Gasteiger partial charge on any atom is -0.492 e. The lowest BCUT2D eigenvalue weighted by Crippen LogP contribution is -2.01. The highest BCUT2D eigenvalue weighted by Crippen LogP contribution is 2.34. The van der Waals surface area contributed by atoms with Gasteiger partial charge in [-0.3, -0.25) is 4.98 Å². The fourth-order valence-corrected chi connectivity index (χ4v) is 2.60. The molecule has 25 heavy (non-hydrogen) atoms. The summed E-state index contributed by atoms with van der Waals surface area (Å²) in [6, 6.07) is 10.3. The molecular weight excluding hydrogens is 319 g/mol. The summed E-state index contributed by atoms with van der Waals surface area (Å²) in [6.07, 6.45) is 1.49. The fraction of sp³-hybridized carbons (Fsp3) is 0.158. The molecule has 3 aromatic rings. The number of hydrogen-bond acceptors (Lipinski definition) is 5. The van der Waals surface area contributed by atoms with Gasteiger partial charge in [-0.2, -0.15) is 5.26 Å². The quantitative estimate of drug-likeness (QED) is 0.695. The number of nitriles is 1. The van der Waals surface area contributed by atoms with Gasteiger partial charge in [-0.25, -0.2) is 4.39 Å². The van der Waals surface area contributed by atoms with Gasteiger partial charge < -0.3 is 15.8 Å². The maximum absolute atomic E-state index is 13.5. The fourth-order valence-electron chi connectivity index (χ4n) is 2.60. The molecule has 3 N–H and O–H groups in total. The number of benzene rings is 2. The minimum atomic E-state index is -0.281. The first-order valence-corrected chi connectivity index (χ1v) is 7.81. The molecule has 0 aliphatic heterocycles. The normalized spacial score (nSPS) is 10.5. The van der Waals surface area contributed by atoms with E-state index in [4.69, 9.17) is 10.5 Å². The first kappa shape index (κ1) is 16.5. The molecule has 2 aromatic carbocycles. The Morgan fingerprint density at radius 2 is 2.12 bits per heavy atom. The molecule has 0 atom stereocenters. The van der Waals surface area contributed by atoms with E-state index in [2.05, 4.69) is 16.4 Å². The number of pyridine rings is 1. The average Bonchev–Trinajstić information content (AvgIpc) is 2.60. The Labute approximate surface area is 144 Å². The van der Waals surface area contributed by atoms with Crippen LogP contribution in [-0.4, -0.2) is 11.6 Å². The number of anilines is 3. The zero-order valence-electron chi connectivity index (χ0n) is 13.9. The Morgan fingerprint density at radius 1 is 1.32 bits per heavy atom. The number of aromatic nitrogens is 1. The number of hydrogen-bond donors (Lipinski definition) is 2. The second-order valence-corrected chi connectivity index (χ2v) is 5.59. The van der Waals surface area contributed by atoms with Gasteiger partial charge >= 0.3 is 0 Å². The van der Waals surface area contributed by atoms with Gasteiger partial charge in [-0.1, -0.05) is 0 Å². The molecule has 0 fully saturated rings. The molecule has 1 heterocycles. The molecule has 0 saturated heterocycles. The van der Waals surface area contributed by atoms with Gasteiger partial charge in [0.05, 0.1) is 29.1 Å². The largest absolute Gasteiger partial charge is 0.492 e. The van der Waals surface area contributed by atoms with Crippen LogP contribution in [0.2, 0.25) is 0 Å². The van der Waals surface area contributed by atoms with Crippen molar-refractivity contribution in [3.05, 3.63) is 53.5 Å². The summed E-state index contributed by atoms with van der Waals surface area (Å²) < 4.78 is 19.0. The van der Waals surface area contributed by atoms with Crippen LogP contribution in [-0.2, 0) is 0 Å².